The van der Waals surface area contributed by atoms with E-state index in [1.807, 2.05) is 12.3 Å². The Kier molecular flexibility index (Phi) is 4.23. The number of alkyl halides is 1. The summed E-state index contributed by atoms with van der Waals surface area (Å²) >= 11 is 6.49. The van der Waals surface area contributed by atoms with Crippen molar-refractivity contribution >= 4 is 22.5 Å². The molecule has 2 nitrogen and oxygen atoms in total. The second-order valence-corrected chi connectivity index (χ2v) is 6.37. The summed E-state index contributed by atoms with van der Waals surface area (Å²) < 4.78 is 0. The molecule has 2 aromatic rings. The Morgan fingerprint density at radius 3 is 2.95 bits per heavy atom. The van der Waals surface area contributed by atoms with E-state index < -0.39 is 0 Å². The van der Waals surface area contributed by atoms with E-state index in [9.17, 15) is 0 Å². The Hall–Kier alpha value is -1.12. The van der Waals surface area contributed by atoms with Crippen LogP contribution in [0.3, 0.4) is 0 Å². The summed E-state index contributed by atoms with van der Waals surface area (Å²) in [6, 6.07) is 11.2. The van der Waals surface area contributed by atoms with Crippen molar-refractivity contribution in [2.75, 3.05) is 7.05 Å². The van der Waals surface area contributed by atoms with E-state index >= 15 is 0 Å². The molecule has 1 aromatic carbocycles. The first kappa shape index (κ1) is 13.8. The highest BCUT2D eigenvalue weighted by molar-refractivity contribution is 6.21. The molecule has 0 radical (unpaired) electrons. The summed E-state index contributed by atoms with van der Waals surface area (Å²) in [6.45, 7) is 0.957. The van der Waals surface area contributed by atoms with Gasteiger partial charge in [-0.05, 0) is 43.7 Å². The number of fused-ring (bicyclic) bond motifs is 1. The van der Waals surface area contributed by atoms with E-state index in [0.717, 1.165) is 18.5 Å². The summed E-state index contributed by atoms with van der Waals surface area (Å²) in [4.78, 5) is 6.78. The standard InChI is InChI=1S/C17H21ClN2/c1-20(17-7-3-2-6-15(17)18)12-13-8-9-16-14(11-13)5-4-10-19-16/h4-5,8-11,15,17H,2-3,6-7,12H2,1H3. The Bertz CT molecular complexity index is 584. The van der Waals surface area contributed by atoms with Gasteiger partial charge in [-0.15, -0.1) is 11.6 Å². The molecule has 3 heteroatoms. The van der Waals surface area contributed by atoms with Gasteiger partial charge in [-0.2, -0.15) is 0 Å². The quantitative estimate of drug-likeness (QED) is 0.786. The van der Waals surface area contributed by atoms with Crippen LogP contribution in [0.15, 0.2) is 36.5 Å². The van der Waals surface area contributed by atoms with E-state index in [4.69, 9.17) is 11.6 Å². The highest BCUT2D eigenvalue weighted by atomic mass is 35.5. The van der Waals surface area contributed by atoms with Gasteiger partial charge in [0.1, 0.15) is 0 Å². The molecule has 0 spiro atoms. The van der Waals surface area contributed by atoms with E-state index in [1.165, 1.54) is 30.2 Å². The van der Waals surface area contributed by atoms with Gasteiger partial charge in [-0.1, -0.05) is 25.0 Å². The molecule has 20 heavy (non-hydrogen) atoms. The second-order valence-electron chi connectivity index (χ2n) is 5.81. The summed E-state index contributed by atoms with van der Waals surface area (Å²) in [5.74, 6) is 0. The van der Waals surface area contributed by atoms with Crippen molar-refractivity contribution in [3.05, 3.63) is 42.1 Å². The van der Waals surface area contributed by atoms with Crippen LogP contribution in [0.1, 0.15) is 31.2 Å². The van der Waals surface area contributed by atoms with Crippen LogP contribution < -0.4 is 0 Å². The first-order valence-corrected chi connectivity index (χ1v) is 7.85. The minimum atomic E-state index is 0.302. The molecule has 3 rings (SSSR count). The van der Waals surface area contributed by atoms with Gasteiger partial charge in [0.15, 0.2) is 0 Å². The molecule has 1 aliphatic carbocycles. The smallest absolute Gasteiger partial charge is 0.0702 e. The molecule has 0 saturated heterocycles. The van der Waals surface area contributed by atoms with Crippen LogP contribution in [0.25, 0.3) is 10.9 Å². The Morgan fingerprint density at radius 2 is 2.10 bits per heavy atom. The maximum absolute atomic E-state index is 6.49. The van der Waals surface area contributed by atoms with Gasteiger partial charge in [0.25, 0.3) is 0 Å². The zero-order valence-electron chi connectivity index (χ0n) is 11.9. The van der Waals surface area contributed by atoms with Gasteiger partial charge in [-0.25, -0.2) is 0 Å². The molecule has 1 aromatic heterocycles. The molecule has 0 N–H and O–H groups in total. The fourth-order valence-corrected chi connectivity index (χ4v) is 3.66. The van der Waals surface area contributed by atoms with Crippen LogP contribution in [0.2, 0.25) is 0 Å². The van der Waals surface area contributed by atoms with Gasteiger partial charge in [0.05, 0.1) is 5.52 Å². The third-order valence-corrected chi connectivity index (χ3v) is 4.82. The van der Waals surface area contributed by atoms with Crippen LogP contribution in [0.4, 0.5) is 0 Å². The SMILES string of the molecule is CN(Cc1ccc2ncccc2c1)C1CCCCC1Cl. The third-order valence-electron chi connectivity index (χ3n) is 4.31. The molecular formula is C17H21ClN2. The van der Waals surface area contributed by atoms with Gasteiger partial charge < -0.3 is 0 Å². The molecule has 0 amide bonds. The minimum Gasteiger partial charge on any atom is -0.298 e. The number of pyridine rings is 1. The van der Waals surface area contributed by atoms with E-state index in [1.54, 1.807) is 0 Å². The van der Waals surface area contributed by atoms with Crippen molar-refractivity contribution in [2.45, 2.75) is 43.6 Å². The van der Waals surface area contributed by atoms with Crippen molar-refractivity contribution in [1.82, 2.24) is 9.88 Å². The summed E-state index contributed by atoms with van der Waals surface area (Å²) in [5.41, 5.74) is 2.40. The lowest BCUT2D eigenvalue weighted by Crippen LogP contribution is -2.40. The van der Waals surface area contributed by atoms with Crippen LogP contribution >= 0.6 is 11.6 Å². The summed E-state index contributed by atoms with van der Waals surface area (Å²) in [6.07, 6.45) is 6.80. The van der Waals surface area contributed by atoms with Crippen LogP contribution in [0, 0.1) is 0 Å². The lowest BCUT2D eigenvalue weighted by molar-refractivity contribution is 0.188. The maximum atomic E-state index is 6.49. The Morgan fingerprint density at radius 1 is 1.25 bits per heavy atom. The number of aromatic nitrogens is 1. The Balaban J connectivity index is 1.74. The highest BCUT2D eigenvalue weighted by Gasteiger charge is 2.26. The topological polar surface area (TPSA) is 16.1 Å². The lowest BCUT2D eigenvalue weighted by Gasteiger charge is -2.35. The molecule has 106 valence electrons. The fourth-order valence-electron chi connectivity index (χ4n) is 3.19. The molecular weight excluding hydrogens is 268 g/mol. The number of nitrogens with zero attached hydrogens (tertiary/aromatic N) is 2. The lowest BCUT2D eigenvalue weighted by atomic mass is 9.93. The molecule has 0 bridgehead atoms. The number of halogens is 1. The molecule has 1 aliphatic rings. The van der Waals surface area contributed by atoms with Crippen molar-refractivity contribution in [3.8, 4) is 0 Å². The predicted molar refractivity (Wildman–Crippen MR) is 85.1 cm³/mol. The monoisotopic (exact) mass is 288 g/mol. The molecule has 1 heterocycles. The van der Waals surface area contributed by atoms with E-state index in [2.05, 4.69) is 41.2 Å². The molecule has 2 atom stereocenters. The largest absolute Gasteiger partial charge is 0.298 e. The minimum absolute atomic E-state index is 0.302. The number of benzene rings is 1. The van der Waals surface area contributed by atoms with Crippen molar-refractivity contribution < 1.29 is 0 Å². The Labute approximate surface area is 125 Å². The first-order chi connectivity index (χ1) is 9.74. The number of rotatable bonds is 3. The normalized spacial score (nSPS) is 23.4. The van der Waals surface area contributed by atoms with Crippen molar-refractivity contribution in [1.29, 1.82) is 0 Å². The van der Waals surface area contributed by atoms with Gasteiger partial charge in [0, 0.05) is 29.5 Å². The fraction of sp³-hybridized carbons (Fsp3) is 0.471. The van der Waals surface area contributed by atoms with Crippen LogP contribution in [-0.4, -0.2) is 28.4 Å². The zero-order valence-corrected chi connectivity index (χ0v) is 12.7. The van der Waals surface area contributed by atoms with Crippen molar-refractivity contribution in [2.24, 2.45) is 0 Å². The van der Waals surface area contributed by atoms with Crippen LogP contribution in [0.5, 0.6) is 0 Å². The maximum Gasteiger partial charge on any atom is 0.0702 e. The number of hydrogen-bond donors (Lipinski definition) is 0. The molecule has 0 aliphatic heterocycles. The average molecular weight is 289 g/mol. The zero-order chi connectivity index (χ0) is 13.9. The third kappa shape index (κ3) is 2.97. The van der Waals surface area contributed by atoms with E-state index in [-0.39, 0.29) is 0 Å². The van der Waals surface area contributed by atoms with Gasteiger partial charge in [-0.3, -0.25) is 9.88 Å². The highest BCUT2D eigenvalue weighted by Crippen LogP contribution is 2.27. The average Bonchev–Trinajstić information content (AvgIpc) is 2.47. The van der Waals surface area contributed by atoms with Gasteiger partial charge >= 0.3 is 0 Å². The molecule has 1 fully saturated rings. The first-order valence-electron chi connectivity index (χ1n) is 7.42. The predicted octanol–water partition coefficient (Wildman–Crippen LogP) is 4.22. The number of hydrogen-bond acceptors (Lipinski definition) is 2. The molecule has 2 unspecified atom stereocenters. The van der Waals surface area contributed by atoms with Gasteiger partial charge in [0.2, 0.25) is 0 Å². The van der Waals surface area contributed by atoms with Crippen LogP contribution in [-0.2, 0) is 6.54 Å². The molecule has 1 saturated carbocycles. The van der Waals surface area contributed by atoms with E-state index in [0.29, 0.717) is 11.4 Å². The van der Waals surface area contributed by atoms with Crippen molar-refractivity contribution in [3.63, 3.8) is 0 Å². The summed E-state index contributed by atoms with van der Waals surface area (Å²) in [7, 11) is 2.19. The summed E-state index contributed by atoms with van der Waals surface area (Å²) in [5, 5.41) is 1.51. The second kappa shape index (κ2) is 6.11.